The van der Waals surface area contributed by atoms with Crippen molar-refractivity contribution >= 4 is 6.09 Å². The molecule has 2 aliphatic carbocycles. The van der Waals surface area contributed by atoms with E-state index in [1.54, 1.807) is 7.05 Å². The van der Waals surface area contributed by atoms with E-state index >= 15 is 0 Å². The molecule has 6 heteroatoms. The third-order valence-electron chi connectivity index (χ3n) is 6.35. The molecule has 0 radical (unpaired) electrons. The van der Waals surface area contributed by atoms with Gasteiger partial charge in [0.2, 0.25) is 0 Å². The Hall–Kier alpha value is -1.56. The van der Waals surface area contributed by atoms with Crippen molar-refractivity contribution in [3.63, 3.8) is 0 Å². The molecule has 0 bridgehead atoms. The number of carbonyl (C=O) groups is 1. The van der Waals surface area contributed by atoms with Crippen molar-refractivity contribution in [2.45, 2.75) is 64.0 Å². The van der Waals surface area contributed by atoms with Gasteiger partial charge in [-0.2, -0.15) is 5.10 Å². The monoisotopic (exact) mass is 348 g/mol. The lowest BCUT2D eigenvalue weighted by atomic mass is 9.71. The van der Waals surface area contributed by atoms with E-state index in [1.165, 1.54) is 62.0 Å². The van der Waals surface area contributed by atoms with Crippen molar-refractivity contribution in [3.05, 3.63) is 18.0 Å². The zero-order valence-electron chi connectivity index (χ0n) is 15.7. The highest BCUT2D eigenvalue weighted by atomic mass is 16.4. The number of amides is 1. The summed E-state index contributed by atoms with van der Waals surface area (Å²) in [5, 5.41) is 13.6. The fourth-order valence-corrected chi connectivity index (χ4v) is 4.65. The molecule has 0 saturated heterocycles. The van der Waals surface area contributed by atoms with Crippen LogP contribution in [0, 0.1) is 5.41 Å². The van der Waals surface area contributed by atoms with Gasteiger partial charge in [-0.25, -0.2) is 4.79 Å². The highest BCUT2D eigenvalue weighted by Gasteiger charge is 2.38. The van der Waals surface area contributed by atoms with E-state index in [4.69, 9.17) is 5.11 Å². The van der Waals surface area contributed by atoms with Gasteiger partial charge in [-0.05, 0) is 57.1 Å². The predicted octanol–water partition coefficient (Wildman–Crippen LogP) is 3.60. The Morgan fingerprint density at radius 1 is 1.24 bits per heavy atom. The van der Waals surface area contributed by atoms with Crippen LogP contribution < -0.4 is 0 Å². The molecule has 0 aromatic carbocycles. The maximum absolute atomic E-state index is 10.9. The van der Waals surface area contributed by atoms with Crippen molar-refractivity contribution in [2.75, 3.05) is 27.2 Å². The Morgan fingerprint density at radius 3 is 2.56 bits per heavy atom. The van der Waals surface area contributed by atoms with Crippen LogP contribution in [0.5, 0.6) is 0 Å². The van der Waals surface area contributed by atoms with Crippen LogP contribution in [0.25, 0.3) is 0 Å². The maximum atomic E-state index is 10.9. The van der Waals surface area contributed by atoms with Crippen molar-refractivity contribution in [2.24, 2.45) is 5.41 Å². The quantitative estimate of drug-likeness (QED) is 0.853. The third kappa shape index (κ3) is 4.35. The molecule has 1 spiro atoms. The van der Waals surface area contributed by atoms with Crippen molar-refractivity contribution < 1.29 is 9.90 Å². The highest BCUT2D eigenvalue weighted by Crippen LogP contribution is 2.51. The molecule has 0 aliphatic heterocycles. The summed E-state index contributed by atoms with van der Waals surface area (Å²) in [6, 6.07) is 2.64. The summed E-state index contributed by atoms with van der Waals surface area (Å²) in [4.78, 5) is 14.4. The molecule has 3 rings (SSSR count). The number of nitrogens with zero attached hydrogens (tertiary/aromatic N) is 4. The molecule has 140 valence electrons. The lowest BCUT2D eigenvalue weighted by Gasteiger charge is -2.38. The zero-order valence-corrected chi connectivity index (χ0v) is 15.7. The molecule has 1 aromatic heterocycles. The number of hydrogen-bond donors (Lipinski definition) is 1. The van der Waals surface area contributed by atoms with Gasteiger partial charge >= 0.3 is 6.09 Å². The van der Waals surface area contributed by atoms with Gasteiger partial charge in [0, 0.05) is 32.9 Å². The van der Waals surface area contributed by atoms with E-state index in [-0.39, 0.29) is 0 Å². The van der Waals surface area contributed by atoms with Crippen LogP contribution in [0.2, 0.25) is 0 Å². The number of rotatable bonds is 6. The Balaban J connectivity index is 1.53. The summed E-state index contributed by atoms with van der Waals surface area (Å²) in [7, 11) is 3.66. The molecule has 1 aromatic rings. The van der Waals surface area contributed by atoms with Gasteiger partial charge in [0.15, 0.2) is 0 Å². The van der Waals surface area contributed by atoms with Gasteiger partial charge in [0.1, 0.15) is 0 Å². The standard InChI is InChI=1S/C19H32N4O2/c1-21(13-14-22(2)18(24)25)15-17-7-12-20-23(17)16-5-10-19(11-6-16)8-3-4-9-19/h7,12,16H,3-6,8-11,13-15H2,1-2H3,(H,24,25). The van der Waals surface area contributed by atoms with Crippen LogP contribution in [-0.2, 0) is 6.54 Å². The molecule has 2 fully saturated rings. The number of carboxylic acid groups (broad SMARTS) is 1. The van der Waals surface area contributed by atoms with Crippen LogP contribution in [0.15, 0.2) is 12.3 Å². The van der Waals surface area contributed by atoms with E-state index in [9.17, 15) is 4.79 Å². The minimum Gasteiger partial charge on any atom is -0.465 e. The maximum Gasteiger partial charge on any atom is 0.407 e. The van der Waals surface area contributed by atoms with Gasteiger partial charge in [0.25, 0.3) is 0 Å². The van der Waals surface area contributed by atoms with E-state index < -0.39 is 6.09 Å². The smallest absolute Gasteiger partial charge is 0.407 e. The minimum atomic E-state index is -0.874. The summed E-state index contributed by atoms with van der Waals surface area (Å²) in [6.45, 7) is 2.06. The van der Waals surface area contributed by atoms with Crippen LogP contribution in [-0.4, -0.2) is 58.0 Å². The van der Waals surface area contributed by atoms with Crippen LogP contribution in [0.1, 0.15) is 63.1 Å². The Labute approximate surface area is 150 Å². The second-order valence-corrected chi connectivity index (χ2v) is 8.15. The predicted molar refractivity (Wildman–Crippen MR) is 97.6 cm³/mol. The van der Waals surface area contributed by atoms with Crippen molar-refractivity contribution in [1.29, 1.82) is 0 Å². The summed E-state index contributed by atoms with van der Waals surface area (Å²) >= 11 is 0. The fourth-order valence-electron chi connectivity index (χ4n) is 4.65. The summed E-state index contributed by atoms with van der Waals surface area (Å²) < 4.78 is 2.24. The lowest BCUT2D eigenvalue weighted by molar-refractivity contribution is 0.144. The van der Waals surface area contributed by atoms with E-state index in [1.807, 2.05) is 13.2 Å². The SMILES string of the molecule is CN(CCN(C)C(=O)O)Cc1ccnn1C1CCC2(CCCC2)CC1. The first-order chi connectivity index (χ1) is 12.0. The normalized spacial score (nSPS) is 20.4. The first-order valence-corrected chi connectivity index (χ1v) is 9.64. The molecule has 1 heterocycles. The van der Waals surface area contributed by atoms with E-state index in [0.29, 0.717) is 18.0 Å². The summed E-state index contributed by atoms with van der Waals surface area (Å²) in [6.07, 6.45) is 12.0. The second-order valence-electron chi connectivity index (χ2n) is 8.15. The molecule has 0 unspecified atom stereocenters. The van der Waals surface area contributed by atoms with Gasteiger partial charge in [-0.3, -0.25) is 9.58 Å². The van der Waals surface area contributed by atoms with Gasteiger partial charge < -0.3 is 10.0 Å². The Bertz CT molecular complexity index is 570. The number of aromatic nitrogens is 2. The van der Waals surface area contributed by atoms with Crippen molar-refractivity contribution in [3.8, 4) is 0 Å². The third-order valence-corrected chi connectivity index (χ3v) is 6.35. The molecule has 0 atom stereocenters. The minimum absolute atomic E-state index is 0.520. The molecular formula is C19H32N4O2. The molecule has 25 heavy (non-hydrogen) atoms. The Kier molecular flexibility index (Phi) is 5.67. The van der Waals surface area contributed by atoms with E-state index in [2.05, 4.69) is 20.7 Å². The van der Waals surface area contributed by atoms with Crippen LogP contribution in [0.3, 0.4) is 0 Å². The second kappa shape index (κ2) is 7.77. The van der Waals surface area contributed by atoms with Crippen LogP contribution >= 0.6 is 0 Å². The summed E-state index contributed by atoms with van der Waals surface area (Å²) in [5.74, 6) is 0. The topological polar surface area (TPSA) is 61.6 Å². The molecule has 6 nitrogen and oxygen atoms in total. The zero-order chi connectivity index (χ0) is 17.9. The molecule has 2 saturated carbocycles. The fraction of sp³-hybridized carbons (Fsp3) is 0.789. The molecular weight excluding hydrogens is 316 g/mol. The largest absolute Gasteiger partial charge is 0.465 e. The first-order valence-electron chi connectivity index (χ1n) is 9.64. The van der Waals surface area contributed by atoms with Crippen molar-refractivity contribution in [1.82, 2.24) is 19.6 Å². The first kappa shape index (κ1) is 18.2. The average Bonchev–Trinajstić information content (AvgIpc) is 3.23. The van der Waals surface area contributed by atoms with Gasteiger partial charge in [-0.1, -0.05) is 12.8 Å². The van der Waals surface area contributed by atoms with Gasteiger partial charge in [-0.15, -0.1) is 0 Å². The molecule has 1 amide bonds. The van der Waals surface area contributed by atoms with E-state index in [0.717, 1.165) is 13.1 Å². The number of hydrogen-bond acceptors (Lipinski definition) is 3. The Morgan fingerprint density at radius 2 is 1.92 bits per heavy atom. The highest BCUT2D eigenvalue weighted by molar-refractivity contribution is 5.64. The average molecular weight is 348 g/mol. The molecule has 1 N–H and O–H groups in total. The molecule has 2 aliphatic rings. The number of likely N-dealkylation sites (N-methyl/N-ethyl adjacent to an activating group) is 2. The summed E-state index contributed by atoms with van der Waals surface area (Å²) in [5.41, 5.74) is 1.90. The lowest BCUT2D eigenvalue weighted by Crippen LogP contribution is -2.34. The van der Waals surface area contributed by atoms with Crippen LogP contribution in [0.4, 0.5) is 4.79 Å². The van der Waals surface area contributed by atoms with Gasteiger partial charge in [0.05, 0.1) is 11.7 Å².